The van der Waals surface area contributed by atoms with Crippen LogP contribution in [0.4, 0.5) is 0 Å². The Bertz CT molecular complexity index is 594. The average molecular weight is 300 g/mol. The minimum atomic E-state index is -3.58. The van der Waals surface area contributed by atoms with Crippen molar-refractivity contribution < 1.29 is 44.7 Å². The zero-order valence-electron chi connectivity index (χ0n) is 10.7. The number of ether oxygens (including phenoxy) is 1. The van der Waals surface area contributed by atoms with Crippen LogP contribution in [-0.4, -0.2) is 62.1 Å². The second kappa shape index (κ2) is 5.77. The van der Waals surface area contributed by atoms with E-state index in [0.717, 1.165) is 18.2 Å². The van der Waals surface area contributed by atoms with Crippen molar-refractivity contribution in [1.29, 1.82) is 0 Å². The van der Waals surface area contributed by atoms with Crippen LogP contribution in [0.1, 0.15) is 10.4 Å². The fourth-order valence-corrected chi connectivity index (χ4v) is 1.56. The summed E-state index contributed by atoms with van der Waals surface area (Å²) in [5.74, 6) is -6.43. The largest absolute Gasteiger partial charge is 0.504 e. The van der Waals surface area contributed by atoms with Crippen LogP contribution in [0, 0.1) is 0 Å². The van der Waals surface area contributed by atoms with Gasteiger partial charge in [-0.3, -0.25) is 4.79 Å². The predicted octanol–water partition coefficient (Wildman–Crippen LogP) is -1.16. The van der Waals surface area contributed by atoms with Crippen LogP contribution in [0.5, 0.6) is 11.5 Å². The lowest BCUT2D eigenvalue weighted by Crippen LogP contribution is -2.58. The first-order valence-corrected chi connectivity index (χ1v) is 5.44. The number of Topliss-reactive ketones (excluding diaryl/α,β-unsaturated/α-hetero) is 1. The number of carboxylic acid groups (broad SMARTS) is 2. The van der Waals surface area contributed by atoms with Crippen LogP contribution < -0.4 is 4.74 Å². The van der Waals surface area contributed by atoms with E-state index in [-0.39, 0.29) is 11.5 Å². The minimum Gasteiger partial charge on any atom is -0.504 e. The van der Waals surface area contributed by atoms with Crippen molar-refractivity contribution in [2.45, 2.75) is 11.7 Å². The molecule has 0 aliphatic carbocycles. The molecule has 0 saturated carbocycles. The number of carbonyl (C=O) groups excluding carboxylic acids is 1. The molecule has 1 aromatic carbocycles. The summed E-state index contributed by atoms with van der Waals surface area (Å²) in [4.78, 5) is 33.7. The Balaban J connectivity index is 3.37. The quantitative estimate of drug-likeness (QED) is 0.322. The lowest BCUT2D eigenvalue weighted by Gasteiger charge is -2.24. The number of aliphatic hydroxyl groups excluding tert-OH is 1. The number of hydrogen-bond donors (Lipinski definition) is 5. The zero-order chi connectivity index (χ0) is 16.4. The Hall–Kier alpha value is -2.65. The average Bonchev–Trinajstić information content (AvgIpc) is 2.44. The first kappa shape index (κ1) is 16.4. The third-order valence-corrected chi connectivity index (χ3v) is 2.74. The smallest absolute Gasteiger partial charge is 0.347 e. The third kappa shape index (κ3) is 2.78. The molecular weight excluding hydrogens is 288 g/mol. The number of aliphatic hydroxyl groups is 2. The van der Waals surface area contributed by atoms with Gasteiger partial charge in [-0.2, -0.15) is 0 Å². The second-order valence-corrected chi connectivity index (χ2v) is 4.03. The molecule has 0 heterocycles. The molecule has 9 heteroatoms. The molecule has 0 amide bonds. The summed E-state index contributed by atoms with van der Waals surface area (Å²) in [7, 11) is 1.17. The van der Waals surface area contributed by atoms with Crippen molar-refractivity contribution >= 4 is 17.7 Å². The SMILES string of the molecule is COc1cc(C(=O)C(O)(C(=O)O)C(O)C(=O)O)ccc1O. The minimum absolute atomic E-state index is 0.196. The van der Waals surface area contributed by atoms with E-state index >= 15 is 0 Å². The molecule has 0 aromatic heterocycles. The maximum absolute atomic E-state index is 12.0. The normalized spacial score (nSPS) is 14.8. The van der Waals surface area contributed by atoms with Gasteiger partial charge in [0.1, 0.15) is 0 Å². The Labute approximate surface area is 117 Å². The molecule has 0 spiro atoms. The van der Waals surface area contributed by atoms with E-state index in [2.05, 4.69) is 0 Å². The number of aromatic hydroxyl groups is 1. The molecule has 1 aromatic rings. The molecule has 0 fully saturated rings. The highest BCUT2D eigenvalue weighted by atomic mass is 16.5. The number of ketones is 1. The van der Waals surface area contributed by atoms with Gasteiger partial charge in [-0.25, -0.2) is 9.59 Å². The van der Waals surface area contributed by atoms with Gasteiger partial charge in [-0.15, -0.1) is 0 Å². The molecule has 9 nitrogen and oxygen atoms in total. The number of phenolic OH excluding ortho intramolecular Hbond substituents is 1. The number of benzene rings is 1. The molecule has 114 valence electrons. The zero-order valence-corrected chi connectivity index (χ0v) is 10.7. The predicted molar refractivity (Wildman–Crippen MR) is 65.2 cm³/mol. The molecular formula is C12H12O9. The number of carboxylic acids is 2. The maximum Gasteiger partial charge on any atom is 0.347 e. The van der Waals surface area contributed by atoms with Gasteiger partial charge in [-0.05, 0) is 18.2 Å². The van der Waals surface area contributed by atoms with Crippen LogP contribution in [0.2, 0.25) is 0 Å². The Morgan fingerprint density at radius 2 is 1.81 bits per heavy atom. The molecule has 2 atom stereocenters. The van der Waals surface area contributed by atoms with Gasteiger partial charge in [-0.1, -0.05) is 0 Å². The van der Waals surface area contributed by atoms with Crippen molar-refractivity contribution in [3.8, 4) is 11.5 Å². The molecule has 0 aliphatic rings. The van der Waals surface area contributed by atoms with Crippen LogP contribution in [0.3, 0.4) is 0 Å². The van der Waals surface area contributed by atoms with E-state index in [1.807, 2.05) is 0 Å². The second-order valence-electron chi connectivity index (χ2n) is 4.03. The highest BCUT2D eigenvalue weighted by Gasteiger charge is 2.54. The Morgan fingerprint density at radius 1 is 1.24 bits per heavy atom. The van der Waals surface area contributed by atoms with Gasteiger partial charge in [0.15, 0.2) is 17.6 Å². The van der Waals surface area contributed by atoms with Crippen molar-refractivity contribution in [3.05, 3.63) is 23.8 Å². The van der Waals surface area contributed by atoms with Gasteiger partial charge < -0.3 is 30.3 Å². The van der Waals surface area contributed by atoms with Crippen molar-refractivity contribution in [3.63, 3.8) is 0 Å². The summed E-state index contributed by atoms with van der Waals surface area (Å²) in [6.45, 7) is 0. The third-order valence-electron chi connectivity index (χ3n) is 2.74. The van der Waals surface area contributed by atoms with Gasteiger partial charge in [0, 0.05) is 5.56 Å². The fraction of sp³-hybridized carbons (Fsp3) is 0.250. The van der Waals surface area contributed by atoms with Gasteiger partial charge >= 0.3 is 11.9 Å². The number of carbonyl (C=O) groups is 3. The molecule has 1 rings (SSSR count). The van der Waals surface area contributed by atoms with Crippen molar-refractivity contribution in [2.24, 2.45) is 0 Å². The summed E-state index contributed by atoms with van der Waals surface area (Å²) in [6, 6.07) is 2.84. The maximum atomic E-state index is 12.0. The molecule has 0 saturated heterocycles. The number of phenols is 1. The van der Waals surface area contributed by atoms with Crippen LogP contribution in [-0.2, 0) is 9.59 Å². The number of hydrogen-bond acceptors (Lipinski definition) is 7. The summed E-state index contributed by atoms with van der Waals surface area (Å²) < 4.78 is 4.71. The van der Waals surface area contributed by atoms with Crippen LogP contribution in [0.15, 0.2) is 18.2 Å². The topological polar surface area (TPSA) is 162 Å². The number of methoxy groups -OCH3 is 1. The van der Waals surface area contributed by atoms with Gasteiger partial charge in [0.05, 0.1) is 7.11 Å². The highest BCUT2D eigenvalue weighted by Crippen LogP contribution is 2.29. The van der Waals surface area contributed by atoms with Gasteiger partial charge in [0.25, 0.3) is 5.60 Å². The van der Waals surface area contributed by atoms with Crippen molar-refractivity contribution in [1.82, 2.24) is 0 Å². The fourth-order valence-electron chi connectivity index (χ4n) is 1.56. The van der Waals surface area contributed by atoms with E-state index in [1.54, 1.807) is 0 Å². The summed E-state index contributed by atoms with van der Waals surface area (Å²) >= 11 is 0. The van der Waals surface area contributed by atoms with Crippen molar-refractivity contribution in [2.75, 3.05) is 7.11 Å². The van der Waals surface area contributed by atoms with E-state index in [1.165, 1.54) is 7.11 Å². The first-order chi connectivity index (χ1) is 9.66. The first-order valence-electron chi connectivity index (χ1n) is 5.44. The molecule has 0 aliphatic heterocycles. The molecule has 2 unspecified atom stereocenters. The lowest BCUT2D eigenvalue weighted by molar-refractivity contribution is -0.175. The van der Waals surface area contributed by atoms with E-state index in [4.69, 9.17) is 14.9 Å². The summed E-state index contributed by atoms with van der Waals surface area (Å²) in [6.07, 6.45) is -2.87. The summed E-state index contributed by atoms with van der Waals surface area (Å²) in [5, 5.41) is 46.0. The standard InChI is InChI=1S/C12H12O9/c1-21-7-4-5(2-3-6(7)13)8(14)12(20,11(18)19)9(15)10(16)17/h2-4,9,13,15,20H,1H3,(H,16,17)(H,18,19). The molecule has 5 N–H and O–H groups in total. The number of aliphatic carboxylic acids is 2. The van der Waals surface area contributed by atoms with Crippen LogP contribution in [0.25, 0.3) is 0 Å². The van der Waals surface area contributed by atoms with Gasteiger partial charge in [0.2, 0.25) is 5.78 Å². The van der Waals surface area contributed by atoms with E-state index in [9.17, 15) is 29.7 Å². The Kier molecular flexibility index (Phi) is 4.51. The Morgan fingerprint density at radius 3 is 2.24 bits per heavy atom. The molecule has 0 bridgehead atoms. The van der Waals surface area contributed by atoms with E-state index < -0.39 is 35.0 Å². The molecule has 0 radical (unpaired) electrons. The molecule has 21 heavy (non-hydrogen) atoms. The van der Waals surface area contributed by atoms with E-state index in [0.29, 0.717) is 0 Å². The highest BCUT2D eigenvalue weighted by molar-refractivity contribution is 6.17. The van der Waals surface area contributed by atoms with Crippen LogP contribution >= 0.6 is 0 Å². The number of rotatable bonds is 6. The summed E-state index contributed by atoms with van der Waals surface area (Å²) in [5.41, 5.74) is -4.04. The lowest BCUT2D eigenvalue weighted by atomic mass is 9.87. The monoisotopic (exact) mass is 300 g/mol.